The van der Waals surface area contributed by atoms with E-state index in [0.717, 1.165) is 0 Å². The van der Waals surface area contributed by atoms with Gasteiger partial charge in [0.15, 0.2) is 5.79 Å². The standard InChI is InChI=1S/C9H14O4/c1-5-9(7(10)11-4)6-12-8(2,3)13-9/h5H,1,6H2,2-4H3. The molecule has 1 saturated heterocycles. The molecule has 1 fully saturated rings. The zero-order valence-corrected chi connectivity index (χ0v) is 8.12. The Labute approximate surface area is 77.5 Å². The predicted molar refractivity (Wildman–Crippen MR) is 46.1 cm³/mol. The summed E-state index contributed by atoms with van der Waals surface area (Å²) in [5, 5.41) is 0. The van der Waals surface area contributed by atoms with Gasteiger partial charge in [-0.2, -0.15) is 0 Å². The number of ether oxygens (including phenoxy) is 3. The second kappa shape index (κ2) is 3.12. The molecule has 1 rings (SSSR count). The number of carbonyl (C=O) groups excluding carboxylic acids is 1. The molecule has 1 unspecified atom stereocenters. The molecule has 0 aromatic rings. The molecule has 0 spiro atoms. The van der Waals surface area contributed by atoms with Gasteiger partial charge in [0.2, 0.25) is 5.60 Å². The van der Waals surface area contributed by atoms with Crippen molar-refractivity contribution < 1.29 is 19.0 Å². The van der Waals surface area contributed by atoms with Crippen molar-refractivity contribution in [1.82, 2.24) is 0 Å². The topological polar surface area (TPSA) is 44.8 Å². The van der Waals surface area contributed by atoms with E-state index in [0.29, 0.717) is 0 Å². The molecule has 1 aliphatic heterocycles. The molecule has 0 N–H and O–H groups in total. The molecule has 0 bridgehead atoms. The average molecular weight is 186 g/mol. The Bertz CT molecular complexity index is 234. The van der Waals surface area contributed by atoms with Gasteiger partial charge in [-0.15, -0.1) is 0 Å². The third kappa shape index (κ3) is 1.73. The molecule has 4 heteroatoms. The quantitative estimate of drug-likeness (QED) is 0.474. The van der Waals surface area contributed by atoms with E-state index < -0.39 is 17.4 Å². The normalized spacial score (nSPS) is 31.3. The van der Waals surface area contributed by atoms with Crippen LogP contribution >= 0.6 is 0 Å². The Morgan fingerprint density at radius 2 is 2.23 bits per heavy atom. The highest BCUT2D eigenvalue weighted by Crippen LogP contribution is 2.32. The second-order valence-electron chi connectivity index (χ2n) is 3.38. The van der Waals surface area contributed by atoms with Crippen LogP contribution in [0.5, 0.6) is 0 Å². The molecule has 0 radical (unpaired) electrons. The maximum atomic E-state index is 11.4. The lowest BCUT2D eigenvalue weighted by Crippen LogP contribution is -2.41. The van der Waals surface area contributed by atoms with Gasteiger partial charge in [-0.1, -0.05) is 6.58 Å². The lowest BCUT2D eigenvalue weighted by atomic mass is 10.1. The Kier molecular flexibility index (Phi) is 2.45. The minimum Gasteiger partial charge on any atom is -0.467 e. The Morgan fingerprint density at radius 1 is 1.62 bits per heavy atom. The Balaban J connectivity index is 2.86. The first-order valence-electron chi connectivity index (χ1n) is 4.02. The van der Waals surface area contributed by atoms with Crippen molar-refractivity contribution in [2.45, 2.75) is 25.2 Å². The molecule has 0 aliphatic carbocycles. The molecule has 13 heavy (non-hydrogen) atoms. The summed E-state index contributed by atoms with van der Waals surface area (Å²) >= 11 is 0. The van der Waals surface area contributed by atoms with E-state index >= 15 is 0 Å². The van der Waals surface area contributed by atoms with Gasteiger partial charge in [0.1, 0.15) is 0 Å². The predicted octanol–water partition coefficient (Wildman–Crippen LogP) is 0.867. The second-order valence-corrected chi connectivity index (χ2v) is 3.38. The van der Waals surface area contributed by atoms with Gasteiger partial charge in [0.25, 0.3) is 0 Å². The van der Waals surface area contributed by atoms with Crippen molar-refractivity contribution in [3.05, 3.63) is 12.7 Å². The smallest absolute Gasteiger partial charge is 0.344 e. The summed E-state index contributed by atoms with van der Waals surface area (Å²) in [5.41, 5.74) is -1.14. The van der Waals surface area contributed by atoms with Gasteiger partial charge in [-0.25, -0.2) is 4.79 Å². The van der Waals surface area contributed by atoms with Crippen LogP contribution in [0, 0.1) is 0 Å². The molecule has 0 aromatic heterocycles. The van der Waals surface area contributed by atoms with Crippen molar-refractivity contribution in [2.24, 2.45) is 0 Å². The molecular weight excluding hydrogens is 172 g/mol. The highest BCUT2D eigenvalue weighted by atomic mass is 16.8. The van der Waals surface area contributed by atoms with Crippen LogP contribution in [-0.4, -0.2) is 31.1 Å². The summed E-state index contributed by atoms with van der Waals surface area (Å²) in [6.07, 6.45) is 1.41. The minimum absolute atomic E-state index is 0.149. The van der Waals surface area contributed by atoms with Gasteiger partial charge < -0.3 is 14.2 Å². The van der Waals surface area contributed by atoms with Crippen molar-refractivity contribution in [1.29, 1.82) is 0 Å². The Hall–Kier alpha value is -0.870. The van der Waals surface area contributed by atoms with Gasteiger partial charge in [0, 0.05) is 0 Å². The van der Waals surface area contributed by atoms with Crippen molar-refractivity contribution in [3.63, 3.8) is 0 Å². The molecular formula is C9H14O4. The number of methoxy groups -OCH3 is 1. The van der Waals surface area contributed by atoms with E-state index in [1.165, 1.54) is 13.2 Å². The lowest BCUT2D eigenvalue weighted by molar-refractivity contribution is -0.179. The van der Waals surface area contributed by atoms with Crippen LogP contribution < -0.4 is 0 Å². The van der Waals surface area contributed by atoms with Gasteiger partial charge in [-0.3, -0.25) is 0 Å². The maximum Gasteiger partial charge on any atom is 0.344 e. The van der Waals surface area contributed by atoms with Crippen LogP contribution in [0.3, 0.4) is 0 Å². The fraction of sp³-hybridized carbons (Fsp3) is 0.667. The molecule has 0 aromatic carbocycles. The van der Waals surface area contributed by atoms with Crippen LogP contribution in [0.15, 0.2) is 12.7 Å². The summed E-state index contributed by atoms with van der Waals surface area (Å²) in [6, 6.07) is 0. The third-order valence-corrected chi connectivity index (χ3v) is 1.92. The van der Waals surface area contributed by atoms with E-state index in [1.807, 2.05) is 0 Å². The number of carbonyl (C=O) groups is 1. The average Bonchev–Trinajstić information content (AvgIpc) is 2.41. The molecule has 74 valence electrons. The molecule has 0 saturated carbocycles. The molecule has 1 atom stereocenters. The van der Waals surface area contributed by atoms with Crippen LogP contribution in [0.1, 0.15) is 13.8 Å². The fourth-order valence-electron chi connectivity index (χ4n) is 1.24. The molecule has 1 heterocycles. The number of hydrogen-bond acceptors (Lipinski definition) is 4. The summed E-state index contributed by atoms with van der Waals surface area (Å²) in [7, 11) is 1.31. The largest absolute Gasteiger partial charge is 0.467 e. The lowest BCUT2D eigenvalue weighted by Gasteiger charge is -2.22. The minimum atomic E-state index is -1.14. The zero-order chi connectivity index (χ0) is 10.1. The Morgan fingerprint density at radius 3 is 2.54 bits per heavy atom. The van der Waals surface area contributed by atoms with Gasteiger partial charge in [0.05, 0.1) is 13.7 Å². The fourth-order valence-corrected chi connectivity index (χ4v) is 1.24. The highest BCUT2D eigenvalue weighted by molar-refractivity contribution is 5.82. The van der Waals surface area contributed by atoms with Gasteiger partial charge >= 0.3 is 5.97 Å². The monoisotopic (exact) mass is 186 g/mol. The van der Waals surface area contributed by atoms with Crippen LogP contribution in [0.4, 0.5) is 0 Å². The van der Waals surface area contributed by atoms with E-state index in [9.17, 15) is 4.79 Å². The van der Waals surface area contributed by atoms with Crippen LogP contribution in [-0.2, 0) is 19.0 Å². The number of rotatable bonds is 2. The van der Waals surface area contributed by atoms with E-state index in [-0.39, 0.29) is 6.61 Å². The number of hydrogen-bond donors (Lipinski definition) is 0. The molecule has 4 nitrogen and oxygen atoms in total. The zero-order valence-electron chi connectivity index (χ0n) is 8.12. The third-order valence-electron chi connectivity index (χ3n) is 1.92. The maximum absolute atomic E-state index is 11.4. The van der Waals surface area contributed by atoms with Gasteiger partial charge in [-0.05, 0) is 19.9 Å². The van der Waals surface area contributed by atoms with Crippen LogP contribution in [0.2, 0.25) is 0 Å². The highest BCUT2D eigenvalue weighted by Gasteiger charge is 2.49. The number of esters is 1. The van der Waals surface area contributed by atoms with Crippen LogP contribution in [0.25, 0.3) is 0 Å². The summed E-state index contributed by atoms with van der Waals surface area (Å²) in [4.78, 5) is 11.4. The van der Waals surface area contributed by atoms with Crippen molar-refractivity contribution in [2.75, 3.05) is 13.7 Å². The van der Waals surface area contributed by atoms with E-state index in [1.54, 1.807) is 13.8 Å². The van der Waals surface area contributed by atoms with Crippen molar-refractivity contribution >= 4 is 5.97 Å². The van der Waals surface area contributed by atoms with E-state index in [4.69, 9.17) is 9.47 Å². The molecule has 1 aliphatic rings. The van der Waals surface area contributed by atoms with Crippen molar-refractivity contribution in [3.8, 4) is 0 Å². The SMILES string of the molecule is C=CC1(C(=O)OC)COC(C)(C)O1. The molecule has 0 amide bonds. The first kappa shape index (κ1) is 10.2. The van der Waals surface area contributed by atoms with E-state index in [2.05, 4.69) is 11.3 Å². The summed E-state index contributed by atoms with van der Waals surface area (Å²) in [5.74, 6) is -1.24. The first-order valence-corrected chi connectivity index (χ1v) is 4.02. The summed E-state index contributed by atoms with van der Waals surface area (Å²) in [6.45, 7) is 7.17. The summed E-state index contributed by atoms with van der Waals surface area (Å²) < 4.78 is 15.3. The first-order chi connectivity index (χ1) is 5.96.